The van der Waals surface area contributed by atoms with Crippen LogP contribution in [0.2, 0.25) is 0 Å². The largest absolute Gasteiger partial charge is 0.444 e. The van der Waals surface area contributed by atoms with Crippen LogP contribution in [0.25, 0.3) is 0 Å². The van der Waals surface area contributed by atoms with E-state index in [1.54, 1.807) is 4.90 Å². The second-order valence-electron chi connectivity index (χ2n) is 7.96. The second kappa shape index (κ2) is 10.4. The predicted molar refractivity (Wildman–Crippen MR) is 96.2 cm³/mol. The summed E-state index contributed by atoms with van der Waals surface area (Å²) in [5.41, 5.74) is -1.01. The molecule has 0 bridgehead atoms. The Morgan fingerprint density at radius 1 is 0.875 bits per heavy atom. The van der Waals surface area contributed by atoms with E-state index in [9.17, 15) is 9.59 Å². The zero-order valence-electron chi connectivity index (χ0n) is 16.5. The number of amides is 2. The van der Waals surface area contributed by atoms with Crippen molar-refractivity contribution in [2.75, 3.05) is 19.6 Å². The Balaban J connectivity index is 4.30. The van der Waals surface area contributed by atoms with E-state index in [4.69, 9.17) is 9.47 Å². The fourth-order valence-electron chi connectivity index (χ4n) is 1.95. The maximum Gasteiger partial charge on any atom is 0.410 e. The monoisotopic (exact) mass is 344 g/mol. The van der Waals surface area contributed by atoms with Crippen LogP contribution in [0.4, 0.5) is 9.59 Å². The minimum atomic E-state index is -0.507. The van der Waals surface area contributed by atoms with Gasteiger partial charge < -0.3 is 19.7 Å². The third-order valence-electron chi connectivity index (χ3n) is 2.96. The minimum Gasteiger partial charge on any atom is -0.444 e. The molecule has 24 heavy (non-hydrogen) atoms. The average Bonchev–Trinajstić information content (AvgIpc) is 2.37. The Kier molecular flexibility index (Phi) is 9.78. The molecule has 0 radical (unpaired) electrons. The number of rotatable bonds is 8. The van der Waals surface area contributed by atoms with Crippen molar-refractivity contribution in [2.45, 2.75) is 85.4 Å². The summed E-state index contributed by atoms with van der Waals surface area (Å²) in [6, 6.07) is 0. The fourth-order valence-corrected chi connectivity index (χ4v) is 1.95. The fraction of sp³-hybridized carbons (Fsp3) is 0.889. The van der Waals surface area contributed by atoms with Gasteiger partial charge in [0.05, 0.1) is 0 Å². The van der Waals surface area contributed by atoms with Crippen molar-refractivity contribution in [1.82, 2.24) is 10.2 Å². The molecule has 0 spiro atoms. The van der Waals surface area contributed by atoms with Crippen molar-refractivity contribution in [1.29, 1.82) is 0 Å². The summed E-state index contributed by atoms with van der Waals surface area (Å²) in [5.74, 6) is 0. The van der Waals surface area contributed by atoms with Crippen LogP contribution >= 0.6 is 0 Å². The molecule has 0 atom stereocenters. The van der Waals surface area contributed by atoms with Gasteiger partial charge in [0.15, 0.2) is 0 Å². The Bertz CT molecular complexity index is 383. The molecule has 0 saturated heterocycles. The summed E-state index contributed by atoms with van der Waals surface area (Å²) in [6.45, 7) is 14.9. The van der Waals surface area contributed by atoms with E-state index in [0.29, 0.717) is 26.1 Å². The van der Waals surface area contributed by atoms with Crippen molar-refractivity contribution in [3.05, 3.63) is 0 Å². The number of nitrogens with one attached hydrogen (secondary N) is 1. The molecule has 6 nitrogen and oxygen atoms in total. The first-order chi connectivity index (χ1) is 10.9. The highest BCUT2D eigenvalue weighted by Crippen LogP contribution is 2.11. The molecule has 0 aliphatic heterocycles. The van der Waals surface area contributed by atoms with Crippen molar-refractivity contribution in [3.63, 3.8) is 0 Å². The molecule has 0 unspecified atom stereocenters. The Morgan fingerprint density at radius 2 is 1.42 bits per heavy atom. The van der Waals surface area contributed by atoms with Crippen molar-refractivity contribution < 1.29 is 19.1 Å². The van der Waals surface area contributed by atoms with E-state index in [1.165, 1.54) is 0 Å². The standard InChI is InChI=1S/C18H36N2O4/c1-8-9-10-13-20(16(22)24-18(5,6)7)14-11-12-19-15(21)23-17(2,3)4/h8-14H2,1-7H3,(H,19,21). The molecule has 0 fully saturated rings. The lowest BCUT2D eigenvalue weighted by molar-refractivity contribution is 0.0244. The zero-order valence-corrected chi connectivity index (χ0v) is 16.5. The van der Waals surface area contributed by atoms with Gasteiger partial charge in [0.2, 0.25) is 0 Å². The van der Waals surface area contributed by atoms with Gasteiger partial charge in [-0.1, -0.05) is 19.8 Å². The number of carbonyl (C=O) groups excluding carboxylic acids is 2. The van der Waals surface area contributed by atoms with E-state index in [2.05, 4.69) is 12.2 Å². The maximum atomic E-state index is 12.3. The molecule has 0 aromatic heterocycles. The predicted octanol–water partition coefficient (Wildman–Crippen LogP) is 4.33. The first-order valence-electron chi connectivity index (χ1n) is 8.89. The maximum absolute atomic E-state index is 12.3. The highest BCUT2D eigenvalue weighted by atomic mass is 16.6. The van der Waals surface area contributed by atoms with Crippen LogP contribution in [-0.4, -0.2) is 47.9 Å². The molecule has 0 saturated carbocycles. The second-order valence-corrected chi connectivity index (χ2v) is 7.96. The van der Waals surface area contributed by atoms with Crippen molar-refractivity contribution in [3.8, 4) is 0 Å². The van der Waals surface area contributed by atoms with Gasteiger partial charge in [0, 0.05) is 19.6 Å². The van der Waals surface area contributed by atoms with E-state index in [1.807, 2.05) is 41.5 Å². The van der Waals surface area contributed by atoms with Crippen LogP contribution in [0.15, 0.2) is 0 Å². The molecule has 142 valence electrons. The van der Waals surface area contributed by atoms with Gasteiger partial charge in [-0.15, -0.1) is 0 Å². The molecule has 0 aromatic rings. The van der Waals surface area contributed by atoms with Crippen LogP contribution in [0, 0.1) is 0 Å². The number of alkyl carbamates (subject to hydrolysis) is 1. The molecule has 0 aliphatic rings. The zero-order chi connectivity index (χ0) is 18.8. The van der Waals surface area contributed by atoms with Gasteiger partial charge >= 0.3 is 12.2 Å². The number of carbonyl (C=O) groups is 2. The molecule has 0 aromatic carbocycles. The first kappa shape index (κ1) is 22.5. The average molecular weight is 344 g/mol. The SMILES string of the molecule is CCCCCN(CCCNC(=O)OC(C)(C)C)C(=O)OC(C)(C)C. The first-order valence-corrected chi connectivity index (χ1v) is 8.89. The third kappa shape index (κ3) is 13.0. The van der Waals surface area contributed by atoms with Crippen LogP contribution in [0.5, 0.6) is 0 Å². The lowest BCUT2D eigenvalue weighted by Gasteiger charge is -2.27. The van der Waals surface area contributed by atoms with E-state index < -0.39 is 17.3 Å². The van der Waals surface area contributed by atoms with Crippen molar-refractivity contribution >= 4 is 12.2 Å². The number of unbranched alkanes of at least 4 members (excludes halogenated alkanes) is 2. The number of nitrogens with zero attached hydrogens (tertiary/aromatic N) is 1. The van der Waals surface area contributed by atoms with E-state index in [0.717, 1.165) is 19.3 Å². The Labute approximate surface area is 147 Å². The van der Waals surface area contributed by atoms with Gasteiger partial charge in [-0.2, -0.15) is 0 Å². The summed E-state index contributed by atoms with van der Waals surface area (Å²) in [4.78, 5) is 25.6. The normalized spacial score (nSPS) is 11.8. The number of hydrogen-bond acceptors (Lipinski definition) is 4. The van der Waals surface area contributed by atoms with Gasteiger partial charge in [-0.25, -0.2) is 9.59 Å². The molecule has 2 amide bonds. The quantitative estimate of drug-likeness (QED) is 0.666. The summed E-state index contributed by atoms with van der Waals surface area (Å²) in [6.07, 6.45) is 3.06. The summed E-state index contributed by atoms with van der Waals surface area (Å²) < 4.78 is 10.6. The number of hydrogen-bond donors (Lipinski definition) is 1. The van der Waals surface area contributed by atoms with Gasteiger partial charge in [-0.05, 0) is 54.4 Å². The number of ether oxygens (including phenoxy) is 2. The smallest absolute Gasteiger partial charge is 0.410 e. The van der Waals surface area contributed by atoms with E-state index >= 15 is 0 Å². The molecular weight excluding hydrogens is 308 g/mol. The highest BCUT2D eigenvalue weighted by molar-refractivity contribution is 5.68. The van der Waals surface area contributed by atoms with Gasteiger partial charge in [-0.3, -0.25) is 0 Å². The molecule has 0 aliphatic carbocycles. The minimum absolute atomic E-state index is 0.295. The molecule has 1 N–H and O–H groups in total. The summed E-state index contributed by atoms with van der Waals surface area (Å²) in [5, 5.41) is 2.71. The lowest BCUT2D eigenvalue weighted by Crippen LogP contribution is -2.39. The molecular formula is C18H36N2O4. The van der Waals surface area contributed by atoms with Crippen LogP contribution in [0.3, 0.4) is 0 Å². The van der Waals surface area contributed by atoms with Gasteiger partial charge in [0.25, 0.3) is 0 Å². The third-order valence-corrected chi connectivity index (χ3v) is 2.96. The summed E-state index contributed by atoms with van der Waals surface area (Å²) in [7, 11) is 0. The van der Waals surface area contributed by atoms with Crippen molar-refractivity contribution in [2.24, 2.45) is 0 Å². The van der Waals surface area contributed by atoms with Crippen LogP contribution in [-0.2, 0) is 9.47 Å². The van der Waals surface area contributed by atoms with Crippen LogP contribution in [0.1, 0.15) is 74.1 Å². The lowest BCUT2D eigenvalue weighted by atomic mass is 10.2. The molecule has 6 heteroatoms. The Morgan fingerprint density at radius 3 is 1.92 bits per heavy atom. The van der Waals surface area contributed by atoms with Gasteiger partial charge in [0.1, 0.15) is 11.2 Å². The topological polar surface area (TPSA) is 67.9 Å². The summed E-state index contributed by atoms with van der Waals surface area (Å²) >= 11 is 0. The highest BCUT2D eigenvalue weighted by Gasteiger charge is 2.21. The van der Waals surface area contributed by atoms with Crippen LogP contribution < -0.4 is 5.32 Å². The molecule has 0 heterocycles. The Hall–Kier alpha value is -1.46. The molecule has 0 rings (SSSR count). The van der Waals surface area contributed by atoms with E-state index in [-0.39, 0.29) is 6.09 Å².